The Morgan fingerprint density at radius 1 is 1.36 bits per heavy atom. The molecule has 1 amide bonds. The molecular formula is C20H23N3O4S. The summed E-state index contributed by atoms with van der Waals surface area (Å²) in [4.78, 5) is 29.5. The fourth-order valence-electron chi connectivity index (χ4n) is 3.27. The normalized spacial score (nSPS) is 19.1. The zero-order valence-electron chi connectivity index (χ0n) is 15.6. The van der Waals surface area contributed by atoms with Gasteiger partial charge in [0.25, 0.3) is 11.5 Å². The number of carbonyl (C=O) groups is 1. The smallest absolute Gasteiger partial charge is 0.270 e. The first-order chi connectivity index (χ1) is 13.7. The number of hydrogen-bond donors (Lipinski definition) is 1. The van der Waals surface area contributed by atoms with Crippen molar-refractivity contribution in [1.29, 1.82) is 0 Å². The summed E-state index contributed by atoms with van der Waals surface area (Å²) >= 11 is 1.42. The lowest BCUT2D eigenvalue weighted by Crippen LogP contribution is -2.35. The summed E-state index contributed by atoms with van der Waals surface area (Å²) in [6.07, 6.45) is 4.95. The van der Waals surface area contributed by atoms with Crippen LogP contribution in [0.25, 0.3) is 6.08 Å². The Balaban J connectivity index is 1.34. The Hall–Kier alpha value is -2.45. The SMILES string of the molecule is O=C(COc1ccc(/C=c2/sc3n(c2=O)CCCN=3)cc1)NC[C@H]1CCCO1. The Bertz CT molecular complexity index is 1000. The fraction of sp³-hybridized carbons (Fsp3) is 0.450. The second-order valence-electron chi connectivity index (χ2n) is 6.88. The van der Waals surface area contributed by atoms with E-state index in [2.05, 4.69) is 10.3 Å². The quantitative estimate of drug-likeness (QED) is 0.761. The summed E-state index contributed by atoms with van der Waals surface area (Å²) in [5.41, 5.74) is 0.929. The molecule has 1 N–H and O–H groups in total. The molecule has 1 aromatic carbocycles. The summed E-state index contributed by atoms with van der Waals surface area (Å²) in [5, 5.41) is 2.83. The maximum Gasteiger partial charge on any atom is 0.270 e. The first-order valence-corrected chi connectivity index (χ1v) is 10.4. The van der Waals surface area contributed by atoms with E-state index in [1.807, 2.05) is 18.2 Å². The highest BCUT2D eigenvalue weighted by atomic mass is 32.1. The van der Waals surface area contributed by atoms with Gasteiger partial charge in [-0.15, -0.1) is 0 Å². The summed E-state index contributed by atoms with van der Waals surface area (Å²) in [5.74, 6) is 0.452. The average molecular weight is 401 g/mol. The van der Waals surface area contributed by atoms with Crippen molar-refractivity contribution < 1.29 is 14.3 Å². The van der Waals surface area contributed by atoms with Gasteiger partial charge in [0.2, 0.25) is 0 Å². The predicted molar refractivity (Wildman–Crippen MR) is 106 cm³/mol. The molecule has 2 aliphatic rings. The van der Waals surface area contributed by atoms with E-state index in [9.17, 15) is 9.59 Å². The summed E-state index contributed by atoms with van der Waals surface area (Å²) in [7, 11) is 0. The minimum atomic E-state index is -0.160. The van der Waals surface area contributed by atoms with Crippen molar-refractivity contribution in [1.82, 2.24) is 9.88 Å². The highest BCUT2D eigenvalue weighted by molar-refractivity contribution is 7.07. The largest absolute Gasteiger partial charge is 0.484 e. The van der Waals surface area contributed by atoms with Crippen LogP contribution < -0.4 is 24.9 Å². The second kappa shape index (κ2) is 8.70. The van der Waals surface area contributed by atoms with Gasteiger partial charge in [0.1, 0.15) is 5.75 Å². The molecule has 0 aliphatic carbocycles. The number of rotatable bonds is 6. The standard InChI is InChI=1S/C20H23N3O4S/c24-18(22-12-16-3-1-10-26-16)13-27-15-6-4-14(5-7-15)11-17-19(25)23-9-2-8-21-20(23)28-17/h4-7,11,16H,1-3,8-10,12-13H2,(H,22,24)/b17-11+/t16-/m1/s1. The van der Waals surface area contributed by atoms with Gasteiger partial charge in [-0.1, -0.05) is 23.5 Å². The van der Waals surface area contributed by atoms with Crippen molar-refractivity contribution in [3.63, 3.8) is 0 Å². The van der Waals surface area contributed by atoms with Crippen LogP contribution in [0.3, 0.4) is 0 Å². The van der Waals surface area contributed by atoms with Crippen LogP contribution in [-0.4, -0.2) is 42.9 Å². The van der Waals surface area contributed by atoms with Gasteiger partial charge < -0.3 is 14.8 Å². The monoisotopic (exact) mass is 401 g/mol. The van der Waals surface area contributed by atoms with Crippen LogP contribution in [0.1, 0.15) is 24.8 Å². The number of thiazole rings is 1. The zero-order valence-corrected chi connectivity index (χ0v) is 16.4. The predicted octanol–water partition coefficient (Wildman–Crippen LogP) is 0.436. The number of hydrogen-bond acceptors (Lipinski definition) is 6. The molecule has 4 rings (SSSR count). The summed E-state index contributed by atoms with van der Waals surface area (Å²) in [6, 6.07) is 7.35. The van der Waals surface area contributed by atoms with Crippen LogP contribution in [0.2, 0.25) is 0 Å². The van der Waals surface area contributed by atoms with E-state index in [0.29, 0.717) is 16.8 Å². The molecular weight excluding hydrogens is 378 g/mol. The Morgan fingerprint density at radius 3 is 2.96 bits per heavy atom. The molecule has 0 radical (unpaired) electrons. The Labute approximate surface area is 166 Å². The third-order valence-electron chi connectivity index (χ3n) is 4.77. The third-order valence-corrected chi connectivity index (χ3v) is 5.82. The van der Waals surface area contributed by atoms with Gasteiger partial charge in [0.15, 0.2) is 11.4 Å². The number of amides is 1. The van der Waals surface area contributed by atoms with Crippen LogP contribution in [0.5, 0.6) is 5.75 Å². The molecule has 1 saturated heterocycles. The number of nitrogens with one attached hydrogen (secondary N) is 1. The minimum Gasteiger partial charge on any atom is -0.484 e. The Kier molecular flexibility index (Phi) is 5.87. The van der Waals surface area contributed by atoms with Crippen LogP contribution in [0.4, 0.5) is 0 Å². The zero-order chi connectivity index (χ0) is 19.3. The molecule has 0 unspecified atom stereocenters. The molecule has 2 aromatic rings. The maximum absolute atomic E-state index is 12.4. The molecule has 1 fully saturated rings. The van der Waals surface area contributed by atoms with E-state index < -0.39 is 0 Å². The van der Waals surface area contributed by atoms with Crippen molar-refractivity contribution in [2.45, 2.75) is 31.9 Å². The topological polar surface area (TPSA) is 81.9 Å². The van der Waals surface area contributed by atoms with E-state index in [4.69, 9.17) is 9.47 Å². The highest BCUT2D eigenvalue weighted by Crippen LogP contribution is 2.13. The van der Waals surface area contributed by atoms with Crippen molar-refractivity contribution >= 4 is 23.3 Å². The average Bonchev–Trinajstić information content (AvgIpc) is 3.35. The minimum absolute atomic E-state index is 0.0201. The van der Waals surface area contributed by atoms with Crippen LogP contribution in [0, 0.1) is 0 Å². The maximum atomic E-state index is 12.4. The van der Waals surface area contributed by atoms with Gasteiger partial charge in [-0.2, -0.15) is 0 Å². The first kappa shape index (κ1) is 18.9. The lowest BCUT2D eigenvalue weighted by Gasteiger charge is -2.11. The van der Waals surface area contributed by atoms with Crippen LogP contribution in [-0.2, 0) is 16.1 Å². The van der Waals surface area contributed by atoms with Crippen molar-refractivity contribution in [2.24, 2.45) is 4.99 Å². The number of benzene rings is 1. The molecule has 28 heavy (non-hydrogen) atoms. The van der Waals surface area contributed by atoms with Crippen molar-refractivity contribution in [3.05, 3.63) is 49.5 Å². The van der Waals surface area contributed by atoms with Crippen molar-refractivity contribution in [2.75, 3.05) is 26.3 Å². The van der Waals surface area contributed by atoms with Crippen LogP contribution in [0.15, 0.2) is 34.1 Å². The number of nitrogens with zero attached hydrogens (tertiary/aromatic N) is 2. The van der Waals surface area contributed by atoms with E-state index in [-0.39, 0.29) is 24.2 Å². The highest BCUT2D eigenvalue weighted by Gasteiger charge is 2.16. The number of fused-ring (bicyclic) bond motifs is 1. The fourth-order valence-corrected chi connectivity index (χ4v) is 4.30. The van der Waals surface area contributed by atoms with E-state index in [0.717, 1.165) is 49.3 Å². The van der Waals surface area contributed by atoms with Gasteiger partial charge in [0.05, 0.1) is 10.6 Å². The molecule has 8 heteroatoms. The second-order valence-corrected chi connectivity index (χ2v) is 7.89. The molecule has 1 aromatic heterocycles. The number of carbonyl (C=O) groups excluding carboxylic acids is 1. The van der Waals surface area contributed by atoms with Gasteiger partial charge in [-0.25, -0.2) is 0 Å². The lowest BCUT2D eigenvalue weighted by molar-refractivity contribution is -0.123. The van der Waals surface area contributed by atoms with E-state index in [1.54, 1.807) is 16.7 Å². The number of ether oxygens (including phenoxy) is 2. The van der Waals surface area contributed by atoms with Gasteiger partial charge in [-0.05, 0) is 43.0 Å². The van der Waals surface area contributed by atoms with E-state index in [1.165, 1.54) is 11.3 Å². The molecule has 0 saturated carbocycles. The van der Waals surface area contributed by atoms with E-state index >= 15 is 0 Å². The first-order valence-electron chi connectivity index (χ1n) is 9.56. The van der Waals surface area contributed by atoms with Crippen LogP contribution >= 0.6 is 11.3 Å². The third kappa shape index (κ3) is 4.51. The molecule has 0 spiro atoms. The van der Waals surface area contributed by atoms with Gasteiger partial charge >= 0.3 is 0 Å². The molecule has 7 nitrogen and oxygen atoms in total. The van der Waals surface area contributed by atoms with Crippen molar-refractivity contribution in [3.8, 4) is 5.75 Å². The molecule has 1 atom stereocenters. The lowest BCUT2D eigenvalue weighted by atomic mass is 10.2. The summed E-state index contributed by atoms with van der Waals surface area (Å²) < 4.78 is 13.4. The molecule has 3 heterocycles. The van der Waals surface area contributed by atoms with Gasteiger partial charge in [0, 0.05) is 26.2 Å². The Morgan fingerprint density at radius 2 is 2.21 bits per heavy atom. The van der Waals surface area contributed by atoms with Gasteiger partial charge in [-0.3, -0.25) is 19.1 Å². The summed E-state index contributed by atoms with van der Waals surface area (Å²) in [6.45, 7) is 2.80. The number of aromatic nitrogens is 1. The molecule has 0 bridgehead atoms. The molecule has 2 aliphatic heterocycles. The molecule has 148 valence electrons.